The Bertz CT molecular complexity index is 625. The summed E-state index contributed by atoms with van der Waals surface area (Å²) in [5.74, 6) is -1.22. The minimum absolute atomic E-state index is 0.218. The molecule has 110 valence electrons. The maximum atomic E-state index is 12.0. The van der Waals surface area contributed by atoms with Gasteiger partial charge in [-0.05, 0) is 12.5 Å². The van der Waals surface area contributed by atoms with Crippen molar-refractivity contribution >= 4 is 5.91 Å². The standard InChI is InChI=1S/C12H10F3N5O/c1-7-17-19-10(20-18-7)9-4-2-8(3-5-9)6-16-11(21)12(13,14)15/h2-5H,6H2,1H3,(H,16,21). The average Bonchev–Trinajstić information content (AvgIpc) is 2.45. The van der Waals surface area contributed by atoms with Crippen molar-refractivity contribution in [3.05, 3.63) is 35.7 Å². The molecule has 2 aromatic rings. The number of carbonyl (C=O) groups excluding carboxylic acids is 1. The SMILES string of the molecule is Cc1nnc(-c2ccc(CNC(=O)C(F)(F)F)cc2)nn1. The Morgan fingerprint density at radius 2 is 1.67 bits per heavy atom. The summed E-state index contributed by atoms with van der Waals surface area (Å²) in [6, 6.07) is 6.36. The molecule has 1 heterocycles. The lowest BCUT2D eigenvalue weighted by Gasteiger charge is -2.08. The second-order valence-electron chi connectivity index (χ2n) is 4.15. The molecule has 9 heteroatoms. The Morgan fingerprint density at radius 1 is 1.10 bits per heavy atom. The first-order chi connectivity index (χ1) is 9.86. The Morgan fingerprint density at radius 3 is 2.19 bits per heavy atom. The normalized spacial score (nSPS) is 11.2. The third-order valence-corrected chi connectivity index (χ3v) is 2.50. The van der Waals surface area contributed by atoms with Crippen LogP contribution in [0.4, 0.5) is 13.2 Å². The fraction of sp³-hybridized carbons (Fsp3) is 0.250. The van der Waals surface area contributed by atoms with Gasteiger partial charge in [-0.2, -0.15) is 13.2 Å². The van der Waals surface area contributed by atoms with Crippen LogP contribution in [0.3, 0.4) is 0 Å². The minimum atomic E-state index is -4.88. The van der Waals surface area contributed by atoms with Crippen molar-refractivity contribution in [1.82, 2.24) is 25.7 Å². The lowest BCUT2D eigenvalue weighted by molar-refractivity contribution is -0.173. The summed E-state index contributed by atoms with van der Waals surface area (Å²) in [6.07, 6.45) is -4.88. The van der Waals surface area contributed by atoms with Gasteiger partial charge in [-0.25, -0.2) is 0 Å². The molecular formula is C12H10F3N5O. The number of nitrogens with zero attached hydrogens (tertiary/aromatic N) is 4. The number of nitrogens with one attached hydrogen (secondary N) is 1. The van der Waals surface area contributed by atoms with E-state index in [-0.39, 0.29) is 6.54 Å². The number of aryl methyl sites for hydroxylation is 1. The molecular weight excluding hydrogens is 287 g/mol. The van der Waals surface area contributed by atoms with Gasteiger partial charge in [-0.15, -0.1) is 20.4 Å². The highest BCUT2D eigenvalue weighted by Gasteiger charge is 2.38. The fourth-order valence-corrected chi connectivity index (χ4v) is 1.45. The van der Waals surface area contributed by atoms with E-state index in [1.807, 2.05) is 0 Å². The van der Waals surface area contributed by atoms with Gasteiger partial charge in [0, 0.05) is 12.1 Å². The first-order valence-electron chi connectivity index (χ1n) is 5.84. The van der Waals surface area contributed by atoms with Gasteiger partial charge in [-0.1, -0.05) is 24.3 Å². The van der Waals surface area contributed by atoms with E-state index in [2.05, 4.69) is 20.4 Å². The number of rotatable bonds is 3. The molecule has 0 bridgehead atoms. The van der Waals surface area contributed by atoms with Crippen LogP contribution in [0.2, 0.25) is 0 Å². The van der Waals surface area contributed by atoms with Crippen LogP contribution in [0.15, 0.2) is 24.3 Å². The quantitative estimate of drug-likeness (QED) is 0.926. The third kappa shape index (κ3) is 3.94. The van der Waals surface area contributed by atoms with Crippen LogP contribution >= 0.6 is 0 Å². The first-order valence-corrected chi connectivity index (χ1v) is 5.84. The monoisotopic (exact) mass is 297 g/mol. The third-order valence-electron chi connectivity index (χ3n) is 2.50. The van der Waals surface area contributed by atoms with E-state index in [0.29, 0.717) is 22.8 Å². The van der Waals surface area contributed by atoms with Gasteiger partial charge in [0.1, 0.15) is 0 Å². The Kier molecular flexibility index (Phi) is 4.10. The molecule has 1 N–H and O–H groups in total. The molecule has 0 aliphatic carbocycles. The number of carbonyl (C=O) groups is 1. The number of alkyl halides is 3. The summed E-state index contributed by atoms with van der Waals surface area (Å²) < 4.78 is 36.1. The van der Waals surface area contributed by atoms with E-state index >= 15 is 0 Å². The van der Waals surface area contributed by atoms with Crippen molar-refractivity contribution in [2.45, 2.75) is 19.6 Å². The molecule has 21 heavy (non-hydrogen) atoms. The molecule has 6 nitrogen and oxygen atoms in total. The predicted molar refractivity (Wildman–Crippen MR) is 65.7 cm³/mol. The van der Waals surface area contributed by atoms with Gasteiger partial charge in [0.15, 0.2) is 5.82 Å². The molecule has 2 rings (SSSR count). The molecule has 0 aliphatic rings. The molecule has 1 aromatic carbocycles. The molecule has 0 fully saturated rings. The largest absolute Gasteiger partial charge is 0.471 e. The fourth-order valence-electron chi connectivity index (χ4n) is 1.45. The highest BCUT2D eigenvalue weighted by molar-refractivity contribution is 5.81. The minimum Gasteiger partial charge on any atom is -0.344 e. The molecule has 0 saturated heterocycles. The smallest absolute Gasteiger partial charge is 0.344 e. The van der Waals surface area contributed by atoms with Gasteiger partial charge in [-0.3, -0.25) is 4.79 Å². The van der Waals surface area contributed by atoms with Gasteiger partial charge in [0.25, 0.3) is 0 Å². The lowest BCUT2D eigenvalue weighted by Crippen LogP contribution is -2.36. The van der Waals surface area contributed by atoms with Gasteiger partial charge in [0.2, 0.25) is 5.82 Å². The number of aromatic nitrogens is 4. The number of benzene rings is 1. The zero-order chi connectivity index (χ0) is 15.5. The van der Waals surface area contributed by atoms with Crippen LogP contribution in [0, 0.1) is 6.92 Å². The van der Waals surface area contributed by atoms with E-state index in [1.54, 1.807) is 36.5 Å². The highest BCUT2D eigenvalue weighted by Crippen LogP contribution is 2.16. The summed E-state index contributed by atoms with van der Waals surface area (Å²) in [7, 11) is 0. The number of halogens is 3. The van der Waals surface area contributed by atoms with Crippen LogP contribution < -0.4 is 5.32 Å². The van der Waals surface area contributed by atoms with Crippen LogP contribution in [0.5, 0.6) is 0 Å². The van der Waals surface area contributed by atoms with Crippen molar-refractivity contribution in [3.63, 3.8) is 0 Å². The highest BCUT2D eigenvalue weighted by atomic mass is 19.4. The molecule has 1 amide bonds. The van der Waals surface area contributed by atoms with Gasteiger partial charge < -0.3 is 5.32 Å². The van der Waals surface area contributed by atoms with E-state index in [9.17, 15) is 18.0 Å². The van der Waals surface area contributed by atoms with Crippen molar-refractivity contribution in [3.8, 4) is 11.4 Å². The summed E-state index contributed by atoms with van der Waals surface area (Å²) in [6.45, 7) is 1.43. The van der Waals surface area contributed by atoms with E-state index in [0.717, 1.165) is 0 Å². The zero-order valence-electron chi connectivity index (χ0n) is 10.8. The second kappa shape index (κ2) is 5.81. The summed E-state index contributed by atoms with van der Waals surface area (Å²) >= 11 is 0. The molecule has 1 aromatic heterocycles. The predicted octanol–water partition coefficient (Wildman–Crippen LogP) is 1.42. The van der Waals surface area contributed by atoms with Crippen molar-refractivity contribution in [2.75, 3.05) is 0 Å². The Balaban J connectivity index is 2.02. The van der Waals surface area contributed by atoms with Crippen molar-refractivity contribution in [1.29, 1.82) is 0 Å². The Hall–Kier alpha value is -2.58. The molecule has 0 saturated carbocycles. The van der Waals surface area contributed by atoms with Crippen LogP contribution in [-0.4, -0.2) is 32.5 Å². The second-order valence-corrected chi connectivity index (χ2v) is 4.15. The van der Waals surface area contributed by atoms with Gasteiger partial charge in [0.05, 0.1) is 0 Å². The zero-order valence-corrected chi connectivity index (χ0v) is 10.8. The molecule has 0 unspecified atom stereocenters. The molecule has 0 radical (unpaired) electrons. The maximum absolute atomic E-state index is 12.0. The molecule has 0 aliphatic heterocycles. The average molecular weight is 297 g/mol. The number of hydrogen-bond donors (Lipinski definition) is 1. The molecule has 0 atom stereocenters. The van der Waals surface area contributed by atoms with Crippen molar-refractivity contribution in [2.24, 2.45) is 0 Å². The van der Waals surface area contributed by atoms with E-state index < -0.39 is 12.1 Å². The lowest BCUT2D eigenvalue weighted by atomic mass is 10.1. The van der Waals surface area contributed by atoms with E-state index in [1.165, 1.54) is 0 Å². The van der Waals surface area contributed by atoms with Crippen LogP contribution in [0.1, 0.15) is 11.4 Å². The van der Waals surface area contributed by atoms with Crippen LogP contribution in [0.25, 0.3) is 11.4 Å². The number of amides is 1. The molecule has 0 spiro atoms. The van der Waals surface area contributed by atoms with E-state index in [4.69, 9.17) is 0 Å². The first kappa shape index (κ1) is 14.8. The summed E-state index contributed by atoms with van der Waals surface area (Å²) in [4.78, 5) is 10.7. The maximum Gasteiger partial charge on any atom is 0.471 e. The van der Waals surface area contributed by atoms with Gasteiger partial charge >= 0.3 is 12.1 Å². The topological polar surface area (TPSA) is 80.7 Å². The Labute approximate surface area is 117 Å². The van der Waals surface area contributed by atoms with Crippen LogP contribution in [-0.2, 0) is 11.3 Å². The summed E-state index contributed by atoms with van der Waals surface area (Å²) in [5, 5.41) is 17.0. The van der Waals surface area contributed by atoms with Crippen molar-refractivity contribution < 1.29 is 18.0 Å². The summed E-state index contributed by atoms with van der Waals surface area (Å²) in [5.41, 5.74) is 1.14. The number of hydrogen-bond acceptors (Lipinski definition) is 5.